The molecule has 0 bridgehead atoms. The summed E-state index contributed by atoms with van der Waals surface area (Å²) in [4.78, 5) is 0. The molecule has 1 aliphatic heterocycles. The molecule has 1 aliphatic rings. The predicted molar refractivity (Wildman–Crippen MR) is 44.8 cm³/mol. The van der Waals surface area contributed by atoms with E-state index in [1.807, 2.05) is 12.1 Å². The average Bonchev–Trinajstić information content (AvgIpc) is 2.04. The van der Waals surface area contributed by atoms with Crippen LogP contribution in [0.2, 0.25) is 0 Å². The molecule has 1 aromatic carbocycles. The molecule has 0 N–H and O–H groups in total. The summed E-state index contributed by atoms with van der Waals surface area (Å²) in [7, 11) is 0. The van der Waals surface area contributed by atoms with Gasteiger partial charge in [0.15, 0.2) is 0 Å². The smallest absolute Gasteiger partial charge is 0.122 e. The number of hydrogen-bond donors (Lipinski definition) is 0. The monoisotopic (exact) mass is 148 g/mol. The summed E-state index contributed by atoms with van der Waals surface area (Å²) in [6, 6.07) is 8.28. The quantitative estimate of drug-likeness (QED) is 0.548. The average molecular weight is 148 g/mol. The van der Waals surface area contributed by atoms with Crippen molar-refractivity contribution in [2.24, 2.45) is 5.92 Å². The van der Waals surface area contributed by atoms with E-state index in [0.29, 0.717) is 5.92 Å². The van der Waals surface area contributed by atoms with Crippen molar-refractivity contribution >= 4 is 0 Å². The summed E-state index contributed by atoms with van der Waals surface area (Å²) in [5.74, 6) is 1.75. The van der Waals surface area contributed by atoms with Crippen molar-refractivity contribution in [2.45, 2.75) is 13.3 Å². The second kappa shape index (κ2) is 2.57. The van der Waals surface area contributed by atoms with Crippen LogP contribution in [0.4, 0.5) is 0 Å². The number of rotatable bonds is 0. The topological polar surface area (TPSA) is 9.23 Å². The minimum absolute atomic E-state index is 0.671. The van der Waals surface area contributed by atoms with E-state index in [1.54, 1.807) is 0 Å². The van der Waals surface area contributed by atoms with Crippen LogP contribution in [0.15, 0.2) is 24.3 Å². The minimum atomic E-state index is 0.671. The molecule has 0 spiro atoms. The molecule has 0 amide bonds. The zero-order valence-electron chi connectivity index (χ0n) is 6.71. The molecule has 0 radical (unpaired) electrons. The number of ether oxygens (including phenoxy) is 1. The number of hydrogen-bond acceptors (Lipinski definition) is 1. The molecule has 1 heteroatoms. The molecule has 0 unspecified atom stereocenters. The van der Waals surface area contributed by atoms with Gasteiger partial charge in [0.2, 0.25) is 0 Å². The van der Waals surface area contributed by atoms with Gasteiger partial charge in [-0.25, -0.2) is 0 Å². The van der Waals surface area contributed by atoms with E-state index < -0.39 is 0 Å². The van der Waals surface area contributed by atoms with E-state index in [1.165, 1.54) is 5.56 Å². The lowest BCUT2D eigenvalue weighted by molar-refractivity contribution is 0.234. The van der Waals surface area contributed by atoms with Gasteiger partial charge in [-0.3, -0.25) is 0 Å². The van der Waals surface area contributed by atoms with Gasteiger partial charge < -0.3 is 4.74 Å². The summed E-state index contributed by atoms with van der Waals surface area (Å²) in [5, 5.41) is 0. The van der Waals surface area contributed by atoms with E-state index in [0.717, 1.165) is 18.8 Å². The lowest BCUT2D eigenvalue weighted by Gasteiger charge is -2.21. The van der Waals surface area contributed by atoms with Gasteiger partial charge in [0.05, 0.1) is 6.61 Å². The van der Waals surface area contributed by atoms with Crippen molar-refractivity contribution < 1.29 is 4.74 Å². The third-order valence-corrected chi connectivity index (χ3v) is 2.06. The minimum Gasteiger partial charge on any atom is -0.493 e. The van der Waals surface area contributed by atoms with Gasteiger partial charge in [0, 0.05) is 0 Å². The molecule has 0 fully saturated rings. The predicted octanol–water partition coefficient (Wildman–Crippen LogP) is 2.26. The molecule has 11 heavy (non-hydrogen) atoms. The Balaban J connectivity index is 2.34. The van der Waals surface area contributed by atoms with Gasteiger partial charge in [0.1, 0.15) is 5.75 Å². The fourth-order valence-electron chi connectivity index (χ4n) is 1.48. The summed E-state index contributed by atoms with van der Waals surface area (Å²) in [6.07, 6.45) is 1.16. The molecular formula is C10H12O. The van der Waals surface area contributed by atoms with E-state index in [9.17, 15) is 0 Å². The van der Waals surface area contributed by atoms with Crippen LogP contribution in [-0.2, 0) is 6.42 Å². The van der Waals surface area contributed by atoms with Crippen LogP contribution in [0.3, 0.4) is 0 Å². The Morgan fingerprint density at radius 2 is 2.18 bits per heavy atom. The molecule has 58 valence electrons. The Hall–Kier alpha value is -0.980. The lowest BCUT2D eigenvalue weighted by atomic mass is 9.99. The molecule has 1 nitrogen and oxygen atoms in total. The first kappa shape index (κ1) is 6.71. The van der Waals surface area contributed by atoms with Gasteiger partial charge in [-0.15, -0.1) is 0 Å². The van der Waals surface area contributed by atoms with Crippen LogP contribution in [0.5, 0.6) is 5.75 Å². The molecule has 2 rings (SSSR count). The third kappa shape index (κ3) is 1.23. The van der Waals surface area contributed by atoms with Gasteiger partial charge in [-0.2, -0.15) is 0 Å². The SMILES string of the molecule is C[C@@H]1COc2ccccc2C1. The Morgan fingerprint density at radius 1 is 1.36 bits per heavy atom. The highest BCUT2D eigenvalue weighted by atomic mass is 16.5. The molecule has 1 atom stereocenters. The Morgan fingerprint density at radius 3 is 3.09 bits per heavy atom. The third-order valence-electron chi connectivity index (χ3n) is 2.06. The fraction of sp³-hybridized carbons (Fsp3) is 0.400. The second-order valence-electron chi connectivity index (χ2n) is 3.23. The molecule has 0 aliphatic carbocycles. The second-order valence-corrected chi connectivity index (χ2v) is 3.23. The Labute approximate surface area is 67.0 Å². The Bertz CT molecular complexity index is 255. The maximum atomic E-state index is 5.54. The molecule has 0 saturated heterocycles. The normalized spacial score (nSPS) is 22.1. The maximum absolute atomic E-state index is 5.54. The number of benzene rings is 1. The molecule has 1 heterocycles. The van der Waals surface area contributed by atoms with Gasteiger partial charge in [-0.05, 0) is 24.0 Å². The van der Waals surface area contributed by atoms with Crippen LogP contribution < -0.4 is 4.74 Å². The zero-order valence-corrected chi connectivity index (χ0v) is 6.71. The first-order valence-corrected chi connectivity index (χ1v) is 4.07. The lowest BCUT2D eigenvalue weighted by Crippen LogP contribution is -2.17. The van der Waals surface area contributed by atoms with Crippen molar-refractivity contribution in [2.75, 3.05) is 6.61 Å². The van der Waals surface area contributed by atoms with Crippen molar-refractivity contribution in [3.05, 3.63) is 29.8 Å². The summed E-state index contributed by atoms with van der Waals surface area (Å²) < 4.78 is 5.54. The summed E-state index contributed by atoms with van der Waals surface area (Å²) in [6.45, 7) is 3.09. The first-order chi connectivity index (χ1) is 5.36. The van der Waals surface area contributed by atoms with Crippen LogP contribution in [0, 0.1) is 5.92 Å². The van der Waals surface area contributed by atoms with Crippen LogP contribution >= 0.6 is 0 Å². The highest BCUT2D eigenvalue weighted by molar-refractivity contribution is 5.34. The van der Waals surface area contributed by atoms with Crippen LogP contribution in [-0.4, -0.2) is 6.61 Å². The van der Waals surface area contributed by atoms with E-state index in [2.05, 4.69) is 19.1 Å². The van der Waals surface area contributed by atoms with E-state index in [-0.39, 0.29) is 0 Å². The van der Waals surface area contributed by atoms with Crippen LogP contribution in [0.25, 0.3) is 0 Å². The van der Waals surface area contributed by atoms with Crippen molar-refractivity contribution in [3.8, 4) is 5.75 Å². The summed E-state index contributed by atoms with van der Waals surface area (Å²) >= 11 is 0. The highest BCUT2D eigenvalue weighted by Gasteiger charge is 2.14. The van der Waals surface area contributed by atoms with E-state index in [4.69, 9.17) is 4.74 Å². The molecule has 1 aromatic rings. The number of fused-ring (bicyclic) bond motifs is 1. The molecule has 0 aromatic heterocycles. The van der Waals surface area contributed by atoms with Crippen molar-refractivity contribution in [1.82, 2.24) is 0 Å². The van der Waals surface area contributed by atoms with E-state index >= 15 is 0 Å². The zero-order chi connectivity index (χ0) is 7.68. The maximum Gasteiger partial charge on any atom is 0.122 e. The van der Waals surface area contributed by atoms with Crippen LogP contribution in [0.1, 0.15) is 12.5 Å². The largest absolute Gasteiger partial charge is 0.493 e. The van der Waals surface area contributed by atoms with Gasteiger partial charge in [0.25, 0.3) is 0 Å². The van der Waals surface area contributed by atoms with Gasteiger partial charge >= 0.3 is 0 Å². The Kier molecular flexibility index (Phi) is 1.57. The highest BCUT2D eigenvalue weighted by Crippen LogP contribution is 2.25. The number of para-hydroxylation sites is 1. The van der Waals surface area contributed by atoms with Crippen molar-refractivity contribution in [1.29, 1.82) is 0 Å². The fourth-order valence-corrected chi connectivity index (χ4v) is 1.48. The first-order valence-electron chi connectivity index (χ1n) is 4.07. The van der Waals surface area contributed by atoms with Gasteiger partial charge in [-0.1, -0.05) is 25.1 Å². The standard InChI is InChI=1S/C10H12O/c1-8-6-9-4-2-3-5-10(9)11-7-8/h2-5,8H,6-7H2,1H3/t8-/m0/s1. The molecular weight excluding hydrogens is 136 g/mol. The summed E-state index contributed by atoms with van der Waals surface area (Å²) in [5.41, 5.74) is 1.35. The van der Waals surface area contributed by atoms with Crippen molar-refractivity contribution in [3.63, 3.8) is 0 Å². The molecule has 0 saturated carbocycles.